The Hall–Kier alpha value is -0.492. The molecule has 8 heteroatoms. The van der Waals surface area contributed by atoms with Crippen LogP contribution in [0.5, 0.6) is 0 Å². The Bertz CT molecular complexity index is 286. The van der Waals surface area contributed by atoms with Crippen LogP contribution in [0.1, 0.15) is 52.4 Å². The van der Waals surface area contributed by atoms with Gasteiger partial charge in [0.15, 0.2) is 5.92 Å². The van der Waals surface area contributed by atoms with Crippen molar-refractivity contribution in [3.63, 3.8) is 0 Å². The van der Waals surface area contributed by atoms with E-state index in [0.717, 1.165) is 39.1 Å². The van der Waals surface area contributed by atoms with Crippen molar-refractivity contribution in [1.29, 1.82) is 0 Å². The Morgan fingerprint density at radius 2 is 1.50 bits per heavy atom. The summed E-state index contributed by atoms with van der Waals surface area (Å²) in [5.74, 6) is -3.73. The summed E-state index contributed by atoms with van der Waals surface area (Å²) < 4.78 is 0. The number of nitrogens with zero attached hydrogens (tertiary/aromatic N) is 2. The molecular formula is C16H33N3O4Pt. The van der Waals surface area contributed by atoms with Crippen LogP contribution in [-0.4, -0.2) is 59.8 Å². The van der Waals surface area contributed by atoms with Crippen LogP contribution in [-0.2, 0) is 30.7 Å². The van der Waals surface area contributed by atoms with Crippen LogP contribution in [0.3, 0.4) is 0 Å². The van der Waals surface area contributed by atoms with Crippen LogP contribution in [0, 0.1) is 5.92 Å². The average molecular weight is 527 g/mol. The van der Waals surface area contributed by atoms with E-state index in [1.54, 1.807) is 0 Å². The summed E-state index contributed by atoms with van der Waals surface area (Å²) in [6, 6.07) is 0. The minimum Gasteiger partial charge on any atom is -0.693 e. The average Bonchev–Trinajstić information content (AvgIpc) is 2.52. The maximum atomic E-state index is 10.6. The molecule has 0 unspecified atom stereocenters. The zero-order valence-electron chi connectivity index (χ0n) is 14.9. The molecule has 0 aromatic heterocycles. The van der Waals surface area contributed by atoms with Gasteiger partial charge in [-0.15, -0.1) is 13.1 Å². The summed E-state index contributed by atoms with van der Waals surface area (Å²) in [6.07, 6.45) is 5.77. The van der Waals surface area contributed by atoms with Crippen molar-refractivity contribution in [2.75, 3.05) is 32.7 Å². The Balaban J connectivity index is -0.000000464. The Morgan fingerprint density at radius 3 is 1.79 bits per heavy atom. The second-order valence-electron chi connectivity index (χ2n) is 5.48. The molecule has 4 N–H and O–H groups in total. The largest absolute Gasteiger partial charge is 2.00 e. The van der Waals surface area contributed by atoms with Crippen molar-refractivity contribution in [3.8, 4) is 0 Å². The molecule has 0 aromatic carbocycles. The number of nitrogens with two attached hydrogens (primary N) is 1. The first-order chi connectivity index (χ1) is 10.5. The molecule has 1 aliphatic rings. The molecule has 1 fully saturated rings. The number of piperidine rings is 1. The molecule has 0 amide bonds. The van der Waals surface area contributed by atoms with Gasteiger partial charge in [0.25, 0.3) is 0 Å². The molecule has 0 bridgehead atoms. The SMILES string of the molecule is C1CC[N-]CC1.CCN(CC)CCCCC(C(=O)O)C(=O)O.[NH2-].[Pt+2]. The van der Waals surface area contributed by atoms with Gasteiger partial charge >= 0.3 is 33.0 Å². The van der Waals surface area contributed by atoms with Gasteiger partial charge in [-0.2, -0.15) is 0 Å². The number of hydrogen-bond donors (Lipinski definition) is 2. The van der Waals surface area contributed by atoms with E-state index in [-0.39, 0.29) is 33.6 Å². The number of carbonyl (C=O) groups is 2. The minimum atomic E-state index is -1.25. The normalized spacial score (nSPS) is 13.3. The number of carboxylic acids is 2. The number of carboxylic acid groups (broad SMARTS) is 2. The van der Waals surface area contributed by atoms with E-state index in [1.165, 1.54) is 19.3 Å². The van der Waals surface area contributed by atoms with Crippen molar-refractivity contribution in [3.05, 3.63) is 11.5 Å². The van der Waals surface area contributed by atoms with E-state index in [0.29, 0.717) is 6.42 Å². The summed E-state index contributed by atoms with van der Waals surface area (Å²) in [6.45, 7) is 9.23. The van der Waals surface area contributed by atoms with Crippen LogP contribution < -0.4 is 0 Å². The zero-order chi connectivity index (χ0) is 16.8. The maximum absolute atomic E-state index is 10.6. The van der Waals surface area contributed by atoms with Gasteiger partial charge in [-0.3, -0.25) is 9.59 Å². The molecule has 7 nitrogen and oxygen atoms in total. The van der Waals surface area contributed by atoms with E-state index < -0.39 is 17.9 Å². The number of aliphatic carboxylic acids is 2. The fourth-order valence-corrected chi connectivity index (χ4v) is 2.31. The molecule has 1 saturated heterocycles. The van der Waals surface area contributed by atoms with Crippen molar-refractivity contribution < 1.29 is 40.9 Å². The minimum absolute atomic E-state index is 0. The molecule has 0 atom stereocenters. The van der Waals surface area contributed by atoms with E-state index >= 15 is 0 Å². The molecule has 1 heterocycles. The molecule has 1 aliphatic heterocycles. The van der Waals surface area contributed by atoms with Gasteiger partial charge in [0, 0.05) is 0 Å². The quantitative estimate of drug-likeness (QED) is 0.351. The van der Waals surface area contributed by atoms with Crippen molar-refractivity contribution >= 4 is 11.9 Å². The second kappa shape index (κ2) is 18.8. The van der Waals surface area contributed by atoms with Gasteiger partial charge in [-0.25, -0.2) is 0 Å². The van der Waals surface area contributed by atoms with E-state index in [2.05, 4.69) is 24.1 Å². The van der Waals surface area contributed by atoms with Gasteiger partial charge in [-0.1, -0.05) is 39.5 Å². The molecular weight excluding hydrogens is 493 g/mol. The molecule has 146 valence electrons. The number of rotatable bonds is 9. The van der Waals surface area contributed by atoms with Gasteiger partial charge in [0.1, 0.15) is 0 Å². The third-order valence-corrected chi connectivity index (χ3v) is 3.84. The summed E-state index contributed by atoms with van der Waals surface area (Å²) >= 11 is 0. The summed E-state index contributed by atoms with van der Waals surface area (Å²) in [5, 5.41) is 21.5. The third-order valence-electron chi connectivity index (χ3n) is 3.84. The Kier molecular flexibility index (Phi) is 22.2. The van der Waals surface area contributed by atoms with Crippen molar-refractivity contribution in [2.24, 2.45) is 5.92 Å². The molecule has 0 radical (unpaired) electrons. The topological polar surface area (TPSA) is 125 Å². The first-order valence-electron chi connectivity index (χ1n) is 8.34. The predicted molar refractivity (Wildman–Crippen MR) is 92.6 cm³/mol. The zero-order valence-corrected chi connectivity index (χ0v) is 17.1. The smallest absolute Gasteiger partial charge is 0.693 e. The second-order valence-corrected chi connectivity index (χ2v) is 5.48. The van der Waals surface area contributed by atoms with E-state index in [4.69, 9.17) is 10.2 Å². The van der Waals surface area contributed by atoms with E-state index in [1.807, 2.05) is 0 Å². The molecule has 24 heavy (non-hydrogen) atoms. The number of hydrogen-bond acceptors (Lipinski definition) is 3. The number of unbranched alkanes of at least 4 members (excludes halogenated alkanes) is 1. The van der Waals surface area contributed by atoms with Crippen molar-refractivity contribution in [2.45, 2.75) is 52.4 Å². The van der Waals surface area contributed by atoms with Gasteiger partial charge in [0.05, 0.1) is 0 Å². The Morgan fingerprint density at radius 1 is 1.00 bits per heavy atom. The van der Waals surface area contributed by atoms with Gasteiger partial charge in [0.2, 0.25) is 0 Å². The fourth-order valence-electron chi connectivity index (χ4n) is 2.31. The molecule has 1 rings (SSSR count). The van der Waals surface area contributed by atoms with Crippen LogP contribution in [0.25, 0.3) is 11.5 Å². The van der Waals surface area contributed by atoms with Gasteiger partial charge in [-0.05, 0) is 32.5 Å². The summed E-state index contributed by atoms with van der Waals surface area (Å²) in [5.41, 5.74) is 0. The molecule has 0 aliphatic carbocycles. The first kappa shape index (κ1) is 28.3. The monoisotopic (exact) mass is 526 g/mol. The van der Waals surface area contributed by atoms with Gasteiger partial charge < -0.3 is 26.6 Å². The molecule has 0 aromatic rings. The van der Waals surface area contributed by atoms with Crippen LogP contribution in [0.15, 0.2) is 0 Å². The molecule has 0 saturated carbocycles. The fraction of sp³-hybridized carbons (Fsp3) is 0.875. The summed E-state index contributed by atoms with van der Waals surface area (Å²) in [4.78, 5) is 23.4. The van der Waals surface area contributed by atoms with Crippen LogP contribution >= 0.6 is 0 Å². The Labute approximate surface area is 160 Å². The van der Waals surface area contributed by atoms with Crippen LogP contribution in [0.2, 0.25) is 0 Å². The standard InChI is InChI=1S/C11H21NO4.C5H10N.H2N.Pt/c1-3-12(4-2)8-6-5-7-9(10(13)14)11(15)16;1-2-4-6-5-3-1;;/h9H,3-8H2,1-2H3,(H,13,14)(H,15,16);1-5H2;1H2;/q;2*-1;+2. The maximum Gasteiger partial charge on any atom is 2.00 e. The van der Waals surface area contributed by atoms with Crippen molar-refractivity contribution in [1.82, 2.24) is 4.90 Å². The van der Waals surface area contributed by atoms with Crippen LogP contribution in [0.4, 0.5) is 0 Å². The molecule has 0 spiro atoms. The third kappa shape index (κ3) is 15.1. The summed E-state index contributed by atoms with van der Waals surface area (Å²) in [7, 11) is 0. The first-order valence-corrected chi connectivity index (χ1v) is 8.34. The predicted octanol–water partition coefficient (Wildman–Crippen LogP) is 3.54. The van der Waals surface area contributed by atoms with E-state index in [9.17, 15) is 9.59 Å².